The summed E-state index contributed by atoms with van der Waals surface area (Å²) in [6, 6.07) is 3.64. The number of fused-ring (bicyclic) bond motifs is 2. The Morgan fingerprint density at radius 2 is 2.00 bits per heavy atom. The molecule has 4 aromatic heterocycles. The van der Waals surface area contributed by atoms with Crippen molar-refractivity contribution in [2.75, 3.05) is 23.7 Å². The minimum atomic E-state index is -0.404. The number of nitrogens with zero attached hydrogens (tertiary/aromatic N) is 6. The van der Waals surface area contributed by atoms with E-state index in [-0.39, 0.29) is 6.04 Å². The van der Waals surface area contributed by atoms with E-state index in [0.717, 1.165) is 64.3 Å². The summed E-state index contributed by atoms with van der Waals surface area (Å²) in [5, 5.41) is 0.436. The molecule has 1 fully saturated rings. The van der Waals surface area contributed by atoms with Gasteiger partial charge in [0.25, 0.3) is 0 Å². The molecule has 0 saturated carbocycles. The summed E-state index contributed by atoms with van der Waals surface area (Å²) < 4.78 is 8.38. The smallest absolute Gasteiger partial charge is 0.211 e. The Labute approximate surface area is 205 Å². The lowest BCUT2D eigenvalue weighted by molar-refractivity contribution is 0.0427. The maximum Gasteiger partial charge on any atom is 0.211 e. The van der Waals surface area contributed by atoms with Crippen LogP contribution in [0.15, 0.2) is 52.9 Å². The molecule has 0 bridgehead atoms. The minimum absolute atomic E-state index is 0.160. The zero-order valence-electron chi connectivity index (χ0n) is 18.5. The van der Waals surface area contributed by atoms with Crippen molar-refractivity contribution < 1.29 is 4.74 Å². The van der Waals surface area contributed by atoms with Crippen LogP contribution in [0.2, 0.25) is 5.02 Å². The molecule has 11 heteroatoms. The average Bonchev–Trinajstić information content (AvgIpc) is 3.43. The highest BCUT2D eigenvalue weighted by molar-refractivity contribution is 7.99. The van der Waals surface area contributed by atoms with Crippen LogP contribution in [-0.4, -0.2) is 43.0 Å². The van der Waals surface area contributed by atoms with Crippen molar-refractivity contribution >= 4 is 40.8 Å². The van der Waals surface area contributed by atoms with Gasteiger partial charge in [0.2, 0.25) is 5.95 Å². The van der Waals surface area contributed by atoms with Crippen LogP contribution in [0.25, 0.3) is 5.65 Å². The van der Waals surface area contributed by atoms with E-state index in [1.165, 1.54) is 11.8 Å². The van der Waals surface area contributed by atoms with Gasteiger partial charge in [-0.15, -0.1) is 0 Å². The van der Waals surface area contributed by atoms with Crippen LogP contribution in [0, 0.1) is 6.92 Å². The van der Waals surface area contributed by atoms with E-state index in [0.29, 0.717) is 10.8 Å². The Bertz CT molecular complexity index is 1400. The average molecular weight is 495 g/mol. The van der Waals surface area contributed by atoms with Crippen LogP contribution in [-0.2, 0) is 0 Å². The summed E-state index contributed by atoms with van der Waals surface area (Å²) in [4.78, 5) is 21.9. The van der Waals surface area contributed by atoms with Crippen molar-refractivity contribution in [3.05, 3.63) is 59.4 Å². The van der Waals surface area contributed by atoms with Crippen LogP contribution in [0.3, 0.4) is 0 Å². The standard InChI is InChI=1S/C23H23ClN8OS/c1-13-18(34-16-3-7-28-20(26)17(16)24)21-29-8-11-32(21)22(30-13)31-9-4-23(5-10-31)19(25)14-2-6-27-12-15(14)33-23/h2-3,6-8,11-12,19H,4-5,9-10,25H2,1H3,(H2,26,28)/t19-/m1/s1. The van der Waals surface area contributed by atoms with Gasteiger partial charge in [-0.05, 0) is 19.1 Å². The molecule has 6 heterocycles. The highest BCUT2D eigenvalue weighted by Crippen LogP contribution is 2.47. The lowest BCUT2D eigenvalue weighted by atomic mass is 9.83. The predicted molar refractivity (Wildman–Crippen MR) is 131 cm³/mol. The van der Waals surface area contributed by atoms with Gasteiger partial charge in [-0.3, -0.25) is 9.38 Å². The number of hydrogen-bond donors (Lipinski definition) is 2. The van der Waals surface area contributed by atoms with Crippen LogP contribution in [0.1, 0.15) is 30.1 Å². The maximum absolute atomic E-state index is 6.63. The van der Waals surface area contributed by atoms with Crippen LogP contribution >= 0.6 is 23.4 Å². The fourth-order valence-electron chi connectivity index (χ4n) is 4.82. The molecule has 0 amide bonds. The van der Waals surface area contributed by atoms with Crippen LogP contribution in [0.4, 0.5) is 11.8 Å². The summed E-state index contributed by atoms with van der Waals surface area (Å²) in [5.41, 5.74) is 14.8. The van der Waals surface area contributed by atoms with Crippen molar-refractivity contribution in [2.45, 2.75) is 41.2 Å². The molecule has 0 radical (unpaired) electrons. The number of halogens is 1. The fourth-order valence-corrected chi connectivity index (χ4v) is 6.03. The van der Waals surface area contributed by atoms with E-state index in [1.54, 1.807) is 24.8 Å². The van der Waals surface area contributed by atoms with Gasteiger partial charge >= 0.3 is 0 Å². The van der Waals surface area contributed by atoms with Gasteiger partial charge in [0.05, 0.1) is 27.9 Å². The lowest BCUT2D eigenvalue weighted by Crippen LogP contribution is -2.52. The molecule has 174 valence electrons. The molecule has 6 rings (SSSR count). The molecule has 1 atom stereocenters. The first kappa shape index (κ1) is 21.5. The number of piperidine rings is 1. The third kappa shape index (κ3) is 3.28. The van der Waals surface area contributed by atoms with Crippen molar-refractivity contribution in [1.82, 2.24) is 24.3 Å². The Kier molecular flexibility index (Phi) is 5.05. The Morgan fingerprint density at radius 1 is 1.18 bits per heavy atom. The molecular weight excluding hydrogens is 472 g/mol. The molecule has 4 aromatic rings. The quantitative estimate of drug-likeness (QED) is 0.439. The number of imidazole rings is 1. The predicted octanol–water partition coefficient (Wildman–Crippen LogP) is 3.65. The first-order valence-corrected chi connectivity index (χ1v) is 12.2. The van der Waals surface area contributed by atoms with Gasteiger partial charge in [-0.2, -0.15) is 0 Å². The Hall–Kier alpha value is -3.08. The van der Waals surface area contributed by atoms with Crippen molar-refractivity contribution in [3.8, 4) is 5.75 Å². The summed E-state index contributed by atoms with van der Waals surface area (Å²) in [7, 11) is 0. The second-order valence-corrected chi connectivity index (χ2v) is 10.0. The van der Waals surface area contributed by atoms with Crippen molar-refractivity contribution in [3.63, 3.8) is 0 Å². The number of nitrogens with two attached hydrogens (primary N) is 2. The van der Waals surface area contributed by atoms with Gasteiger partial charge in [0.1, 0.15) is 17.2 Å². The fraction of sp³-hybridized carbons (Fsp3) is 0.304. The topological polar surface area (TPSA) is 120 Å². The van der Waals surface area contributed by atoms with Gasteiger partial charge in [0, 0.05) is 61.2 Å². The zero-order valence-corrected chi connectivity index (χ0v) is 20.1. The zero-order chi connectivity index (χ0) is 23.4. The second kappa shape index (κ2) is 8.00. The number of anilines is 2. The number of nitrogen functional groups attached to an aromatic ring is 1. The first-order chi connectivity index (χ1) is 16.5. The van der Waals surface area contributed by atoms with Gasteiger partial charge in [-0.1, -0.05) is 23.4 Å². The van der Waals surface area contributed by atoms with Crippen LogP contribution < -0.4 is 21.1 Å². The van der Waals surface area contributed by atoms with Gasteiger partial charge in [-0.25, -0.2) is 15.0 Å². The second-order valence-electron chi connectivity index (χ2n) is 8.60. The maximum atomic E-state index is 6.63. The van der Waals surface area contributed by atoms with Crippen molar-refractivity contribution in [2.24, 2.45) is 5.73 Å². The monoisotopic (exact) mass is 494 g/mol. The molecule has 0 unspecified atom stereocenters. The number of hydrogen-bond acceptors (Lipinski definition) is 9. The Balaban J connectivity index is 1.29. The molecule has 1 saturated heterocycles. The van der Waals surface area contributed by atoms with E-state index in [4.69, 9.17) is 32.8 Å². The molecule has 0 aliphatic carbocycles. The molecular formula is C23H23ClN8OS. The highest BCUT2D eigenvalue weighted by Gasteiger charge is 2.48. The molecule has 1 spiro atoms. The minimum Gasteiger partial charge on any atom is -0.483 e. The normalized spacial score (nSPS) is 18.9. The highest BCUT2D eigenvalue weighted by atomic mass is 35.5. The number of pyridine rings is 2. The van der Waals surface area contributed by atoms with E-state index in [9.17, 15) is 0 Å². The van der Waals surface area contributed by atoms with Crippen LogP contribution in [0.5, 0.6) is 5.75 Å². The van der Waals surface area contributed by atoms with E-state index < -0.39 is 5.60 Å². The Morgan fingerprint density at radius 3 is 2.79 bits per heavy atom. The number of aromatic nitrogens is 5. The number of ether oxygens (including phenoxy) is 1. The first-order valence-electron chi connectivity index (χ1n) is 11.0. The third-order valence-corrected chi connectivity index (χ3v) is 8.42. The SMILES string of the molecule is Cc1nc(N2CCC3(CC2)Oc2cnccc2[C@H]3N)n2ccnc2c1Sc1ccnc(N)c1Cl. The van der Waals surface area contributed by atoms with Gasteiger partial charge < -0.3 is 21.1 Å². The van der Waals surface area contributed by atoms with E-state index >= 15 is 0 Å². The number of rotatable bonds is 3. The van der Waals surface area contributed by atoms with E-state index in [2.05, 4.69) is 19.9 Å². The van der Waals surface area contributed by atoms with Gasteiger partial charge in [0.15, 0.2) is 5.65 Å². The molecule has 0 aromatic carbocycles. The molecule has 34 heavy (non-hydrogen) atoms. The molecule has 2 aliphatic heterocycles. The van der Waals surface area contributed by atoms with E-state index in [1.807, 2.05) is 29.7 Å². The summed E-state index contributed by atoms with van der Waals surface area (Å²) in [6.07, 6.45) is 10.5. The third-order valence-electron chi connectivity index (χ3n) is 6.67. The lowest BCUT2D eigenvalue weighted by Gasteiger charge is -2.41. The summed E-state index contributed by atoms with van der Waals surface area (Å²) in [5.74, 6) is 1.96. The largest absolute Gasteiger partial charge is 0.483 e. The molecule has 4 N–H and O–H groups in total. The number of aryl methyl sites for hydroxylation is 1. The molecule has 9 nitrogen and oxygen atoms in total. The summed E-state index contributed by atoms with van der Waals surface area (Å²) >= 11 is 7.88. The van der Waals surface area contributed by atoms with Crippen molar-refractivity contribution in [1.29, 1.82) is 0 Å². The summed E-state index contributed by atoms with van der Waals surface area (Å²) in [6.45, 7) is 3.53. The molecule has 2 aliphatic rings.